The second-order valence-corrected chi connectivity index (χ2v) is 23.1. The maximum Gasteiger partial charge on any atom is 0.315 e. The van der Waals surface area contributed by atoms with Crippen LogP contribution in [0.3, 0.4) is 0 Å². The van der Waals surface area contributed by atoms with Gasteiger partial charge in [0.05, 0.1) is 49.7 Å². The van der Waals surface area contributed by atoms with E-state index in [0.29, 0.717) is 25.7 Å². The summed E-state index contributed by atoms with van der Waals surface area (Å²) in [5.74, 6) is -1.48. The number of carbonyl (C=O) groups excluding carboxylic acids is 1. The number of esters is 1. The Bertz CT molecular complexity index is 1860. The van der Waals surface area contributed by atoms with Crippen molar-refractivity contribution >= 4 is 5.97 Å². The normalized spacial score (nSPS) is 57.1. The number of hydrogen-bond donors (Lipinski definition) is 13. The molecule has 8 rings (SSSR count). The van der Waals surface area contributed by atoms with Gasteiger partial charge in [0, 0.05) is 11.3 Å². The molecule has 0 amide bonds. The molecular formula is C48H78O20. The van der Waals surface area contributed by atoms with E-state index in [1.54, 1.807) is 6.92 Å². The van der Waals surface area contributed by atoms with Crippen LogP contribution in [0.4, 0.5) is 0 Å². The fraction of sp³-hybridized carbons (Fsp3) is 0.938. The highest BCUT2D eigenvalue weighted by atomic mass is 16.8. The Balaban J connectivity index is 0.982. The minimum absolute atomic E-state index is 0.0121. The third-order valence-corrected chi connectivity index (χ3v) is 19.8. The summed E-state index contributed by atoms with van der Waals surface area (Å²) in [6.07, 6.45) is -22.3. The van der Waals surface area contributed by atoms with Gasteiger partial charge in [0.25, 0.3) is 0 Å². The highest BCUT2D eigenvalue weighted by Gasteiger charge is 2.74. The topological polar surface area (TPSA) is 335 Å². The molecule has 0 aromatic rings. The van der Waals surface area contributed by atoms with Crippen LogP contribution in [0, 0.1) is 56.7 Å². The Morgan fingerprint density at radius 3 is 2.00 bits per heavy atom. The molecule has 8 aliphatic rings. The van der Waals surface area contributed by atoms with Crippen LogP contribution in [-0.2, 0) is 33.2 Å². The molecule has 28 atom stereocenters. The first-order valence-electron chi connectivity index (χ1n) is 24.6. The van der Waals surface area contributed by atoms with E-state index >= 15 is 4.79 Å². The molecule has 3 aliphatic heterocycles. The fourth-order valence-electron chi connectivity index (χ4n) is 15.8. The summed E-state index contributed by atoms with van der Waals surface area (Å²) >= 11 is 0. The zero-order chi connectivity index (χ0) is 50.0. The van der Waals surface area contributed by atoms with Gasteiger partial charge >= 0.3 is 5.97 Å². The first-order chi connectivity index (χ1) is 31.8. The standard InChI is InChI=1S/C48H78O20/c1-19-10-11-48(13-12-46(6)22(28(48)20(19)2)8-9-27-44(4)14-24(52)39(61)45(5,18-50)38(44)23(51)15-47(27,46)7)43(62)68-42-35(59)32(56)30(54)26(66-42)17-63-40-36(60)33(57)37(25(16-49)65-40)67-41-34(58)31(55)29(53)21(3)64-41/h10,20-42,49-61H,8-9,11-18H2,1-7H3/t20-,21+,22-,23-,24+,25-,26-,27-,28-,29+,30-,31-,32+,33-,34-,35-,36-,37-,38-,39+,40-,41+,42+,44+,45-,46-,47+,48+/m1/s1. The second kappa shape index (κ2) is 18.8. The van der Waals surface area contributed by atoms with Crippen molar-refractivity contribution in [1.29, 1.82) is 0 Å². The Labute approximate surface area is 396 Å². The third-order valence-electron chi connectivity index (χ3n) is 19.8. The van der Waals surface area contributed by atoms with Gasteiger partial charge in [0.15, 0.2) is 12.6 Å². The predicted molar refractivity (Wildman–Crippen MR) is 233 cm³/mol. The molecule has 3 heterocycles. The number of allylic oxidation sites excluding steroid dienone is 2. The van der Waals surface area contributed by atoms with Gasteiger partial charge in [-0.2, -0.15) is 0 Å². The minimum Gasteiger partial charge on any atom is -0.432 e. The first-order valence-corrected chi connectivity index (χ1v) is 24.6. The Morgan fingerprint density at radius 2 is 1.34 bits per heavy atom. The predicted octanol–water partition coefficient (Wildman–Crippen LogP) is -2.06. The van der Waals surface area contributed by atoms with Gasteiger partial charge in [-0.25, -0.2) is 0 Å². The van der Waals surface area contributed by atoms with E-state index in [1.165, 1.54) is 6.92 Å². The molecule has 0 aromatic heterocycles. The molecule has 3 saturated heterocycles. The van der Waals surface area contributed by atoms with Crippen molar-refractivity contribution in [2.24, 2.45) is 56.7 Å². The van der Waals surface area contributed by atoms with Gasteiger partial charge in [0.1, 0.15) is 67.1 Å². The summed E-state index contributed by atoms with van der Waals surface area (Å²) in [5.41, 5.74) is -2.62. The molecule has 0 spiro atoms. The van der Waals surface area contributed by atoms with Crippen LogP contribution in [-0.4, -0.2) is 203 Å². The summed E-state index contributed by atoms with van der Waals surface area (Å²) in [4.78, 5) is 15.0. The van der Waals surface area contributed by atoms with Crippen LogP contribution in [0.5, 0.6) is 0 Å². The van der Waals surface area contributed by atoms with E-state index in [0.717, 1.165) is 18.4 Å². The summed E-state index contributed by atoms with van der Waals surface area (Å²) in [5, 5.41) is 142. The molecule has 20 heteroatoms. The van der Waals surface area contributed by atoms with Crippen molar-refractivity contribution in [2.45, 2.75) is 204 Å². The van der Waals surface area contributed by atoms with Gasteiger partial charge < -0.3 is 94.8 Å². The second-order valence-electron chi connectivity index (χ2n) is 23.1. The van der Waals surface area contributed by atoms with Crippen molar-refractivity contribution in [3.05, 3.63) is 11.6 Å². The molecule has 4 saturated carbocycles. The zero-order valence-corrected chi connectivity index (χ0v) is 40.1. The molecule has 390 valence electrons. The maximum absolute atomic E-state index is 15.0. The van der Waals surface area contributed by atoms with Gasteiger partial charge in [0.2, 0.25) is 6.29 Å². The molecule has 5 aliphatic carbocycles. The van der Waals surface area contributed by atoms with Gasteiger partial charge in [-0.3, -0.25) is 4.79 Å². The smallest absolute Gasteiger partial charge is 0.315 e. The first kappa shape index (κ1) is 52.8. The van der Waals surface area contributed by atoms with E-state index in [1.807, 2.05) is 13.0 Å². The lowest BCUT2D eigenvalue weighted by molar-refractivity contribution is -0.361. The number of fused-ring (bicyclic) bond motifs is 7. The lowest BCUT2D eigenvalue weighted by Crippen LogP contribution is -2.73. The number of rotatable bonds is 9. The van der Waals surface area contributed by atoms with Crippen LogP contribution in [0.25, 0.3) is 0 Å². The molecule has 20 nitrogen and oxygen atoms in total. The Kier molecular flexibility index (Phi) is 14.6. The van der Waals surface area contributed by atoms with E-state index < -0.39 is 163 Å². The van der Waals surface area contributed by atoms with Gasteiger partial charge in [-0.1, -0.05) is 46.3 Å². The molecule has 0 bridgehead atoms. The zero-order valence-electron chi connectivity index (χ0n) is 40.1. The number of ether oxygens (including phenoxy) is 6. The summed E-state index contributed by atoms with van der Waals surface area (Å²) in [7, 11) is 0. The highest BCUT2D eigenvalue weighted by molar-refractivity contribution is 5.78. The molecular weight excluding hydrogens is 897 g/mol. The summed E-state index contributed by atoms with van der Waals surface area (Å²) in [6.45, 7) is 12.1. The van der Waals surface area contributed by atoms with Gasteiger partial charge in [-0.15, -0.1) is 0 Å². The molecule has 0 unspecified atom stereocenters. The number of hydrogen-bond acceptors (Lipinski definition) is 20. The maximum atomic E-state index is 15.0. The van der Waals surface area contributed by atoms with Crippen molar-refractivity contribution in [1.82, 2.24) is 0 Å². The number of carbonyl (C=O) groups is 1. The molecule has 7 fully saturated rings. The van der Waals surface area contributed by atoms with Crippen molar-refractivity contribution in [2.75, 3.05) is 19.8 Å². The van der Waals surface area contributed by atoms with Crippen LogP contribution in [0.15, 0.2) is 11.6 Å². The lowest BCUT2D eigenvalue weighted by atomic mass is 9.31. The fourth-order valence-corrected chi connectivity index (χ4v) is 15.8. The van der Waals surface area contributed by atoms with Crippen molar-refractivity contribution in [3.8, 4) is 0 Å². The average Bonchev–Trinajstić information content (AvgIpc) is 3.29. The number of aliphatic hydroxyl groups is 13. The monoisotopic (exact) mass is 975 g/mol. The highest BCUT2D eigenvalue weighted by Crippen LogP contribution is 2.77. The van der Waals surface area contributed by atoms with E-state index in [2.05, 4.69) is 27.7 Å². The minimum atomic E-state index is -1.89. The summed E-state index contributed by atoms with van der Waals surface area (Å²) < 4.78 is 34.6. The van der Waals surface area contributed by atoms with Crippen LogP contribution in [0.2, 0.25) is 0 Å². The van der Waals surface area contributed by atoms with Crippen LogP contribution in [0.1, 0.15) is 93.4 Å². The SMILES string of the molecule is CC1=CC[C@]2(C(=O)O[C@@H]3O[C@H](CO[C@@H]4O[C@H](CO)[C@@H](O[C@@H]5O[C@@H](C)[C@H](O)[C@@H](O)[C@H]5O)[C@H](O)[C@H]4O)[C@@H](O)[C@H](O)[C@H]3O)CC[C@]3(C)[C@H](CC[C@@H]4[C@]5(C)C[C@H](O)[C@H](O)[C@](C)(CO)[C@@H]5[C@H](O)C[C@@]43C)[C@H]2[C@@H]1C. The molecule has 0 aromatic carbocycles. The third kappa shape index (κ3) is 7.89. The van der Waals surface area contributed by atoms with Crippen molar-refractivity contribution in [3.63, 3.8) is 0 Å². The largest absolute Gasteiger partial charge is 0.432 e. The quantitative estimate of drug-likeness (QED) is 0.0873. The van der Waals surface area contributed by atoms with Crippen molar-refractivity contribution < 1.29 is 99.6 Å². The van der Waals surface area contributed by atoms with Crippen LogP contribution >= 0.6 is 0 Å². The molecule has 0 radical (unpaired) electrons. The lowest BCUT2D eigenvalue weighted by Gasteiger charge is -2.74. The summed E-state index contributed by atoms with van der Waals surface area (Å²) in [6, 6.07) is 0. The Morgan fingerprint density at radius 1 is 0.706 bits per heavy atom. The van der Waals surface area contributed by atoms with E-state index in [4.69, 9.17) is 28.4 Å². The van der Waals surface area contributed by atoms with Gasteiger partial charge in [-0.05, 0) is 98.7 Å². The van der Waals surface area contributed by atoms with Crippen LogP contribution < -0.4 is 0 Å². The Hall–Kier alpha value is -1.51. The molecule has 13 N–H and O–H groups in total. The molecule has 68 heavy (non-hydrogen) atoms. The number of aliphatic hydroxyl groups excluding tert-OH is 13. The van der Waals surface area contributed by atoms with E-state index in [-0.39, 0.29) is 36.7 Å². The average molecular weight is 975 g/mol. The van der Waals surface area contributed by atoms with E-state index in [9.17, 15) is 66.4 Å².